The summed E-state index contributed by atoms with van der Waals surface area (Å²) in [5.74, 6) is 1.58. The molecule has 0 unspecified atom stereocenters. The van der Waals surface area contributed by atoms with Crippen LogP contribution < -0.4 is 0 Å². The van der Waals surface area contributed by atoms with Crippen LogP contribution in [0.25, 0.3) is 0 Å². The van der Waals surface area contributed by atoms with Crippen molar-refractivity contribution in [3.05, 3.63) is 30.4 Å². The van der Waals surface area contributed by atoms with Gasteiger partial charge in [0, 0.05) is 38.3 Å². The molecule has 0 aliphatic carbocycles. The quantitative estimate of drug-likeness (QED) is 0.871. The Bertz CT molecular complexity index is 609. The fraction of sp³-hybridized carbons (Fsp3) is 0.571. The van der Waals surface area contributed by atoms with Gasteiger partial charge in [-0.2, -0.15) is 5.10 Å². The molecule has 118 valence electrons. The minimum Gasteiger partial charge on any atom is -0.366 e. The number of aryl methyl sites for hydroxylation is 2. The van der Waals surface area contributed by atoms with Crippen molar-refractivity contribution in [2.75, 3.05) is 19.7 Å². The highest BCUT2D eigenvalue weighted by Gasteiger charge is 2.27. The number of hydrogen-bond donors (Lipinski definition) is 1. The number of nitrogens with one attached hydrogen (secondary N) is 1. The molecule has 2 aromatic heterocycles. The van der Waals surface area contributed by atoms with E-state index in [0.29, 0.717) is 38.5 Å². The van der Waals surface area contributed by atoms with Gasteiger partial charge in [-0.1, -0.05) is 6.92 Å². The predicted octanol–water partition coefficient (Wildman–Crippen LogP) is 0.554. The minimum absolute atomic E-state index is 0.119. The van der Waals surface area contributed by atoms with E-state index in [0.717, 1.165) is 12.2 Å². The number of aromatic amines is 1. The Morgan fingerprint density at radius 1 is 1.55 bits per heavy atom. The Balaban J connectivity index is 1.56. The molecular formula is C14H20N6O2. The summed E-state index contributed by atoms with van der Waals surface area (Å²) in [7, 11) is 0. The molecule has 0 spiro atoms. The van der Waals surface area contributed by atoms with E-state index >= 15 is 0 Å². The van der Waals surface area contributed by atoms with Crippen molar-refractivity contribution in [1.82, 2.24) is 29.6 Å². The fourth-order valence-electron chi connectivity index (χ4n) is 2.45. The first-order valence-electron chi connectivity index (χ1n) is 7.52. The molecule has 3 heterocycles. The standard InChI is InChI=1S/C14H20N6O2/c1-2-12-16-14(18-17-12)11-9-20(7-8-22-11)13(21)3-5-19-6-4-15-10-19/h4,6,10-11H,2-3,5,7-9H2,1H3,(H,16,17,18)/t11-/m1/s1. The number of H-pyrrole nitrogens is 1. The van der Waals surface area contributed by atoms with Gasteiger partial charge in [0.25, 0.3) is 0 Å². The van der Waals surface area contributed by atoms with Gasteiger partial charge in [0.05, 0.1) is 19.5 Å². The summed E-state index contributed by atoms with van der Waals surface area (Å²) >= 11 is 0. The van der Waals surface area contributed by atoms with Crippen LogP contribution in [-0.2, 0) is 22.5 Å². The van der Waals surface area contributed by atoms with Gasteiger partial charge in [-0.25, -0.2) is 9.97 Å². The topological polar surface area (TPSA) is 88.9 Å². The van der Waals surface area contributed by atoms with E-state index in [1.165, 1.54) is 0 Å². The van der Waals surface area contributed by atoms with Crippen molar-refractivity contribution in [2.45, 2.75) is 32.4 Å². The van der Waals surface area contributed by atoms with E-state index in [9.17, 15) is 4.79 Å². The number of amides is 1. The monoisotopic (exact) mass is 304 g/mol. The van der Waals surface area contributed by atoms with E-state index in [-0.39, 0.29) is 12.0 Å². The first-order chi connectivity index (χ1) is 10.8. The van der Waals surface area contributed by atoms with Crippen LogP contribution >= 0.6 is 0 Å². The number of morpholine rings is 1. The second kappa shape index (κ2) is 6.69. The Hall–Kier alpha value is -2.22. The smallest absolute Gasteiger partial charge is 0.224 e. The summed E-state index contributed by atoms with van der Waals surface area (Å²) in [4.78, 5) is 22.5. The van der Waals surface area contributed by atoms with E-state index in [4.69, 9.17) is 4.74 Å². The molecule has 0 saturated carbocycles. The van der Waals surface area contributed by atoms with Crippen LogP contribution in [0.1, 0.15) is 31.1 Å². The summed E-state index contributed by atoms with van der Waals surface area (Å²) in [5, 5.41) is 7.07. The SMILES string of the molecule is CCc1nc([C@H]2CN(C(=O)CCn3ccnc3)CCO2)n[nH]1. The average molecular weight is 304 g/mol. The van der Waals surface area contributed by atoms with E-state index < -0.39 is 0 Å². The zero-order valence-electron chi connectivity index (χ0n) is 12.6. The molecule has 2 aromatic rings. The van der Waals surface area contributed by atoms with Crippen molar-refractivity contribution in [1.29, 1.82) is 0 Å². The van der Waals surface area contributed by atoms with Crippen molar-refractivity contribution in [3.8, 4) is 0 Å². The van der Waals surface area contributed by atoms with Gasteiger partial charge in [-0.3, -0.25) is 9.89 Å². The van der Waals surface area contributed by atoms with Gasteiger partial charge in [0.15, 0.2) is 5.82 Å². The lowest BCUT2D eigenvalue weighted by molar-refractivity contribution is -0.139. The van der Waals surface area contributed by atoms with Crippen LogP contribution in [0, 0.1) is 0 Å². The number of hydrogen-bond acceptors (Lipinski definition) is 5. The van der Waals surface area contributed by atoms with Crippen molar-refractivity contribution in [2.24, 2.45) is 0 Å². The third kappa shape index (κ3) is 3.33. The van der Waals surface area contributed by atoms with Crippen LogP contribution in [0.3, 0.4) is 0 Å². The average Bonchev–Trinajstić information content (AvgIpc) is 3.24. The molecule has 1 amide bonds. The summed E-state index contributed by atoms with van der Waals surface area (Å²) in [6.45, 7) is 4.28. The number of rotatable bonds is 5. The maximum Gasteiger partial charge on any atom is 0.224 e. The predicted molar refractivity (Wildman–Crippen MR) is 77.9 cm³/mol. The molecule has 0 bridgehead atoms. The summed E-state index contributed by atoms with van der Waals surface area (Å²) in [6, 6.07) is 0. The fourth-order valence-corrected chi connectivity index (χ4v) is 2.45. The largest absolute Gasteiger partial charge is 0.366 e. The minimum atomic E-state index is -0.248. The highest BCUT2D eigenvalue weighted by atomic mass is 16.5. The maximum atomic E-state index is 12.3. The number of carbonyl (C=O) groups is 1. The number of imidazole rings is 1. The summed E-state index contributed by atoms with van der Waals surface area (Å²) in [6.07, 6.45) is 6.29. The Morgan fingerprint density at radius 3 is 3.18 bits per heavy atom. The van der Waals surface area contributed by atoms with Crippen LogP contribution in [0.15, 0.2) is 18.7 Å². The first kappa shape index (κ1) is 14.7. The first-order valence-corrected chi connectivity index (χ1v) is 7.52. The molecule has 1 aliphatic heterocycles. The van der Waals surface area contributed by atoms with E-state index in [1.54, 1.807) is 12.5 Å². The molecule has 8 heteroatoms. The Kier molecular flexibility index (Phi) is 4.47. The van der Waals surface area contributed by atoms with Gasteiger partial charge in [-0.05, 0) is 0 Å². The van der Waals surface area contributed by atoms with Gasteiger partial charge in [0.2, 0.25) is 5.91 Å². The molecular weight excluding hydrogens is 284 g/mol. The normalized spacial score (nSPS) is 18.6. The second-order valence-corrected chi connectivity index (χ2v) is 5.24. The molecule has 22 heavy (non-hydrogen) atoms. The molecule has 1 fully saturated rings. The molecule has 1 N–H and O–H groups in total. The summed E-state index contributed by atoms with van der Waals surface area (Å²) in [5.41, 5.74) is 0. The van der Waals surface area contributed by atoms with Gasteiger partial charge in [0.1, 0.15) is 11.9 Å². The highest BCUT2D eigenvalue weighted by Crippen LogP contribution is 2.19. The van der Waals surface area contributed by atoms with Crippen molar-refractivity contribution in [3.63, 3.8) is 0 Å². The molecule has 3 rings (SSSR count). The van der Waals surface area contributed by atoms with Crippen LogP contribution in [0.4, 0.5) is 0 Å². The molecule has 1 atom stereocenters. The van der Waals surface area contributed by atoms with Gasteiger partial charge < -0.3 is 14.2 Å². The summed E-state index contributed by atoms with van der Waals surface area (Å²) < 4.78 is 7.60. The zero-order chi connectivity index (χ0) is 15.4. The van der Waals surface area contributed by atoms with Crippen LogP contribution in [-0.4, -0.2) is 55.2 Å². The number of aromatic nitrogens is 5. The zero-order valence-corrected chi connectivity index (χ0v) is 12.6. The third-order valence-corrected chi connectivity index (χ3v) is 3.73. The third-order valence-electron chi connectivity index (χ3n) is 3.73. The lowest BCUT2D eigenvalue weighted by Gasteiger charge is -2.31. The van der Waals surface area contributed by atoms with Crippen molar-refractivity contribution >= 4 is 5.91 Å². The molecule has 1 aliphatic rings. The van der Waals surface area contributed by atoms with Crippen LogP contribution in [0.2, 0.25) is 0 Å². The van der Waals surface area contributed by atoms with Gasteiger partial charge >= 0.3 is 0 Å². The number of ether oxygens (including phenoxy) is 1. The maximum absolute atomic E-state index is 12.3. The Labute approximate surface area is 128 Å². The Morgan fingerprint density at radius 2 is 2.45 bits per heavy atom. The van der Waals surface area contributed by atoms with Crippen molar-refractivity contribution < 1.29 is 9.53 Å². The lowest BCUT2D eigenvalue weighted by atomic mass is 10.2. The molecule has 0 radical (unpaired) electrons. The van der Waals surface area contributed by atoms with Crippen LogP contribution in [0.5, 0.6) is 0 Å². The van der Waals surface area contributed by atoms with E-state index in [2.05, 4.69) is 20.2 Å². The highest BCUT2D eigenvalue weighted by molar-refractivity contribution is 5.76. The molecule has 8 nitrogen and oxygen atoms in total. The van der Waals surface area contributed by atoms with Gasteiger partial charge in [-0.15, -0.1) is 0 Å². The number of carbonyl (C=O) groups excluding carboxylic acids is 1. The second-order valence-electron chi connectivity index (χ2n) is 5.24. The molecule has 1 saturated heterocycles. The number of nitrogens with zero attached hydrogens (tertiary/aromatic N) is 5. The lowest BCUT2D eigenvalue weighted by Crippen LogP contribution is -2.42. The molecule has 0 aromatic carbocycles. The van der Waals surface area contributed by atoms with E-state index in [1.807, 2.05) is 22.6 Å².